The summed E-state index contributed by atoms with van der Waals surface area (Å²) in [6.07, 6.45) is 23.8. The van der Waals surface area contributed by atoms with E-state index in [4.69, 9.17) is 0 Å². The monoisotopic (exact) mass is 377 g/mol. The van der Waals surface area contributed by atoms with Crippen LogP contribution in [-0.4, -0.2) is 40.2 Å². The zero-order valence-corrected chi connectivity index (χ0v) is 17.7. The molecule has 0 N–H and O–H groups in total. The molecule has 3 saturated carbocycles. The van der Waals surface area contributed by atoms with Gasteiger partial charge in [-0.2, -0.15) is 0 Å². The third-order valence-electron chi connectivity index (χ3n) is 8.07. The number of amides is 1. The summed E-state index contributed by atoms with van der Waals surface area (Å²) in [6, 6.07) is 0. The van der Waals surface area contributed by atoms with E-state index in [-0.39, 0.29) is 0 Å². The fourth-order valence-electron chi connectivity index (χ4n) is 6.79. The lowest BCUT2D eigenvalue weighted by Crippen LogP contribution is -2.36. The maximum Gasteiger partial charge on any atom is 0.226 e. The van der Waals surface area contributed by atoms with E-state index in [1.807, 2.05) is 0 Å². The summed E-state index contributed by atoms with van der Waals surface area (Å²) in [5, 5.41) is 0. The Morgan fingerprint density at radius 1 is 0.654 bits per heavy atom. The second kappa shape index (κ2) is 8.85. The fourth-order valence-corrected chi connectivity index (χ4v) is 13.7. The molecule has 3 heteroatoms. The van der Waals surface area contributed by atoms with Crippen LogP contribution in [-0.2, 0) is 4.79 Å². The predicted octanol–water partition coefficient (Wildman–Crippen LogP) is 6.38. The minimum absolute atomic E-state index is 0.441. The van der Waals surface area contributed by atoms with Gasteiger partial charge in [0, 0.05) is 18.9 Å². The van der Waals surface area contributed by atoms with Crippen LogP contribution in [0.2, 0.25) is 0 Å². The van der Waals surface area contributed by atoms with E-state index in [1.165, 1.54) is 96.3 Å². The van der Waals surface area contributed by atoms with E-state index < -0.39 is 6.89 Å². The summed E-state index contributed by atoms with van der Waals surface area (Å²) in [7, 11) is 0. The molecule has 1 aliphatic heterocycles. The number of carbonyl (C=O) groups is 1. The van der Waals surface area contributed by atoms with Gasteiger partial charge in [0.2, 0.25) is 5.91 Å². The first-order valence-corrected chi connectivity index (χ1v) is 13.9. The van der Waals surface area contributed by atoms with Gasteiger partial charge in [-0.3, -0.25) is 4.79 Å². The van der Waals surface area contributed by atoms with Gasteiger partial charge in [-0.1, -0.05) is 64.7 Å². The molecule has 148 valence electrons. The summed E-state index contributed by atoms with van der Waals surface area (Å²) in [4.78, 5) is 14.9. The van der Waals surface area contributed by atoms with Gasteiger partial charge < -0.3 is 4.90 Å². The van der Waals surface area contributed by atoms with Crippen LogP contribution in [0.1, 0.15) is 109 Å². The van der Waals surface area contributed by atoms with Crippen LogP contribution >= 0.6 is 6.89 Å². The van der Waals surface area contributed by atoms with E-state index >= 15 is 0 Å². The van der Waals surface area contributed by atoms with Gasteiger partial charge in [0.25, 0.3) is 0 Å². The Hall–Kier alpha value is -0.230. The van der Waals surface area contributed by atoms with Crippen molar-refractivity contribution in [2.24, 2.45) is 0 Å². The molecule has 0 aromatic rings. The average molecular weight is 378 g/mol. The van der Waals surface area contributed by atoms with Crippen LogP contribution in [0.3, 0.4) is 0 Å². The van der Waals surface area contributed by atoms with Gasteiger partial charge in [-0.25, -0.2) is 0 Å². The molecule has 0 unspecified atom stereocenters. The molecular formula is C23H40NOP. The Labute approximate surface area is 161 Å². The molecule has 0 spiro atoms. The second-order valence-corrected chi connectivity index (χ2v) is 13.8. The molecular weight excluding hydrogens is 337 g/mol. The molecule has 26 heavy (non-hydrogen) atoms. The Balaban J connectivity index is 1.77. The third kappa shape index (κ3) is 3.82. The van der Waals surface area contributed by atoms with Crippen molar-refractivity contribution >= 4 is 18.7 Å². The molecule has 4 fully saturated rings. The summed E-state index contributed by atoms with van der Waals surface area (Å²) in [6.45, 7) is -0.208. The van der Waals surface area contributed by atoms with Gasteiger partial charge in [0.15, 0.2) is 0 Å². The molecule has 4 aliphatic rings. The summed E-state index contributed by atoms with van der Waals surface area (Å²) in [5.74, 6) is 3.15. The SMILES string of the molecule is O=C1CCCN1C=P(C1CCCCC1)(C1CCCCC1)C1CCCCC1. The van der Waals surface area contributed by atoms with Gasteiger partial charge >= 0.3 is 0 Å². The zero-order chi connectivity index (χ0) is 17.8. The van der Waals surface area contributed by atoms with Crippen molar-refractivity contribution < 1.29 is 4.79 Å². The molecule has 0 radical (unpaired) electrons. The normalized spacial score (nSPS) is 27.8. The van der Waals surface area contributed by atoms with E-state index in [2.05, 4.69) is 10.8 Å². The first-order chi connectivity index (χ1) is 12.8. The number of carbonyl (C=O) groups excluding carboxylic acids is 1. The van der Waals surface area contributed by atoms with Gasteiger partial charge in [0.05, 0.1) is 0 Å². The number of hydrogen-bond donors (Lipinski definition) is 0. The first-order valence-electron chi connectivity index (χ1n) is 11.8. The largest absolute Gasteiger partial charge is 0.319 e. The molecule has 1 saturated heterocycles. The molecule has 0 bridgehead atoms. The zero-order valence-electron chi connectivity index (χ0n) is 16.8. The lowest BCUT2D eigenvalue weighted by molar-refractivity contribution is -0.124. The smallest absolute Gasteiger partial charge is 0.226 e. The second-order valence-electron chi connectivity index (χ2n) is 9.58. The lowest BCUT2D eigenvalue weighted by Gasteiger charge is -2.50. The summed E-state index contributed by atoms with van der Waals surface area (Å²) < 4.78 is 0. The van der Waals surface area contributed by atoms with Crippen molar-refractivity contribution in [2.45, 2.75) is 126 Å². The van der Waals surface area contributed by atoms with Crippen LogP contribution in [0, 0.1) is 0 Å². The first kappa shape index (κ1) is 19.1. The van der Waals surface area contributed by atoms with Crippen LogP contribution < -0.4 is 0 Å². The number of hydrogen-bond acceptors (Lipinski definition) is 1. The van der Waals surface area contributed by atoms with Gasteiger partial charge in [-0.15, -0.1) is 0 Å². The molecule has 0 aromatic heterocycles. The van der Waals surface area contributed by atoms with Crippen molar-refractivity contribution in [1.29, 1.82) is 0 Å². The van der Waals surface area contributed by atoms with E-state index in [0.29, 0.717) is 5.91 Å². The Morgan fingerprint density at radius 2 is 1.08 bits per heavy atom. The third-order valence-corrected chi connectivity index (χ3v) is 14.1. The molecule has 1 amide bonds. The Kier molecular flexibility index (Phi) is 6.50. The van der Waals surface area contributed by atoms with Crippen molar-refractivity contribution in [3.05, 3.63) is 0 Å². The van der Waals surface area contributed by atoms with Crippen LogP contribution in [0.4, 0.5) is 0 Å². The highest BCUT2D eigenvalue weighted by Crippen LogP contribution is 2.69. The highest BCUT2D eigenvalue weighted by atomic mass is 31.2. The Bertz CT molecular complexity index is 472. The quantitative estimate of drug-likeness (QED) is 0.520. The van der Waals surface area contributed by atoms with Crippen LogP contribution in [0.15, 0.2) is 0 Å². The van der Waals surface area contributed by atoms with Crippen molar-refractivity contribution in [3.8, 4) is 0 Å². The topological polar surface area (TPSA) is 20.3 Å². The molecule has 2 nitrogen and oxygen atoms in total. The van der Waals surface area contributed by atoms with Crippen LogP contribution in [0.25, 0.3) is 0 Å². The maximum absolute atomic E-state index is 12.6. The van der Waals surface area contributed by atoms with Gasteiger partial charge in [0.1, 0.15) is 0 Å². The maximum atomic E-state index is 12.6. The average Bonchev–Trinajstić information content (AvgIpc) is 3.12. The van der Waals surface area contributed by atoms with Crippen LogP contribution in [0.5, 0.6) is 0 Å². The molecule has 3 aliphatic carbocycles. The van der Waals surface area contributed by atoms with Crippen molar-refractivity contribution in [3.63, 3.8) is 0 Å². The predicted molar refractivity (Wildman–Crippen MR) is 115 cm³/mol. The molecule has 0 atom stereocenters. The highest BCUT2D eigenvalue weighted by molar-refractivity contribution is 7.76. The molecule has 4 rings (SSSR count). The lowest BCUT2D eigenvalue weighted by atomic mass is 9.99. The number of rotatable bonds is 4. The van der Waals surface area contributed by atoms with Crippen molar-refractivity contribution in [2.75, 3.05) is 6.54 Å². The standard InChI is InChI=1S/C23H40NOP/c25-23-17-10-18-24(23)19-26(20-11-4-1-5-12-20,21-13-6-2-7-14-21)22-15-8-3-9-16-22/h19-22H,1-18H2. The van der Waals surface area contributed by atoms with E-state index in [9.17, 15) is 4.79 Å². The summed E-state index contributed by atoms with van der Waals surface area (Å²) in [5.41, 5.74) is 2.86. The minimum Gasteiger partial charge on any atom is -0.319 e. The molecule has 0 aromatic carbocycles. The van der Waals surface area contributed by atoms with E-state index in [0.717, 1.165) is 36.4 Å². The molecule has 1 heterocycles. The minimum atomic E-state index is -1.23. The van der Waals surface area contributed by atoms with Crippen molar-refractivity contribution in [1.82, 2.24) is 4.90 Å². The summed E-state index contributed by atoms with van der Waals surface area (Å²) >= 11 is 0. The number of likely N-dealkylation sites (tertiary alicyclic amines) is 1. The van der Waals surface area contributed by atoms with E-state index in [1.54, 1.807) is 0 Å². The Morgan fingerprint density at radius 3 is 1.42 bits per heavy atom. The van der Waals surface area contributed by atoms with Gasteiger partial charge in [-0.05, 0) is 61.9 Å². The fraction of sp³-hybridized carbons (Fsp3) is 0.913. The highest BCUT2D eigenvalue weighted by Gasteiger charge is 2.43. The number of nitrogens with zero attached hydrogens (tertiary/aromatic N) is 1.